The van der Waals surface area contributed by atoms with Gasteiger partial charge in [-0.1, -0.05) is 28.9 Å². The van der Waals surface area contributed by atoms with Crippen LogP contribution in [-0.2, 0) is 16.0 Å². The SMILES string of the molecule is COC(=O)CCc1nc(-c2cccc(C)c2)no1. The lowest BCUT2D eigenvalue weighted by Gasteiger charge is -1.95. The number of carbonyl (C=O) groups excluding carboxylic acids is 1. The summed E-state index contributed by atoms with van der Waals surface area (Å²) in [6.07, 6.45) is 0.636. The topological polar surface area (TPSA) is 65.2 Å². The molecule has 94 valence electrons. The van der Waals surface area contributed by atoms with E-state index >= 15 is 0 Å². The van der Waals surface area contributed by atoms with Crippen molar-refractivity contribution in [2.24, 2.45) is 0 Å². The molecule has 0 spiro atoms. The number of benzene rings is 1. The molecule has 0 bridgehead atoms. The largest absolute Gasteiger partial charge is 0.469 e. The van der Waals surface area contributed by atoms with Crippen LogP contribution in [-0.4, -0.2) is 23.2 Å². The van der Waals surface area contributed by atoms with E-state index in [-0.39, 0.29) is 12.4 Å². The maximum absolute atomic E-state index is 11.0. The van der Waals surface area contributed by atoms with Crippen molar-refractivity contribution in [3.63, 3.8) is 0 Å². The van der Waals surface area contributed by atoms with Gasteiger partial charge < -0.3 is 9.26 Å². The maximum Gasteiger partial charge on any atom is 0.306 e. The van der Waals surface area contributed by atoms with E-state index < -0.39 is 0 Å². The summed E-state index contributed by atoms with van der Waals surface area (Å²) in [6, 6.07) is 7.84. The highest BCUT2D eigenvalue weighted by Gasteiger charge is 2.10. The third-order valence-corrected chi connectivity index (χ3v) is 2.52. The van der Waals surface area contributed by atoms with Crippen LogP contribution in [0.4, 0.5) is 0 Å². The molecular weight excluding hydrogens is 232 g/mol. The summed E-state index contributed by atoms with van der Waals surface area (Å²) in [5.41, 5.74) is 2.04. The van der Waals surface area contributed by atoms with Gasteiger partial charge in [0.1, 0.15) is 0 Å². The van der Waals surface area contributed by atoms with Gasteiger partial charge in [-0.3, -0.25) is 4.79 Å². The molecule has 0 unspecified atom stereocenters. The Balaban J connectivity index is 2.08. The molecule has 0 aliphatic carbocycles. The van der Waals surface area contributed by atoms with Gasteiger partial charge in [-0.25, -0.2) is 0 Å². The van der Waals surface area contributed by atoms with Crippen LogP contribution in [0.5, 0.6) is 0 Å². The van der Waals surface area contributed by atoms with Gasteiger partial charge in [0, 0.05) is 12.0 Å². The molecule has 5 heteroatoms. The van der Waals surface area contributed by atoms with Gasteiger partial charge in [-0.15, -0.1) is 0 Å². The second kappa shape index (κ2) is 5.44. The molecule has 0 saturated carbocycles. The van der Waals surface area contributed by atoms with Gasteiger partial charge in [0.2, 0.25) is 11.7 Å². The van der Waals surface area contributed by atoms with Crippen LogP contribution in [0.25, 0.3) is 11.4 Å². The first kappa shape index (κ1) is 12.3. The number of nitrogens with zero attached hydrogens (tertiary/aromatic N) is 2. The minimum Gasteiger partial charge on any atom is -0.469 e. The number of methoxy groups -OCH3 is 1. The van der Waals surface area contributed by atoms with Gasteiger partial charge in [-0.2, -0.15) is 4.98 Å². The molecule has 1 aromatic carbocycles. The van der Waals surface area contributed by atoms with Gasteiger partial charge in [0.25, 0.3) is 0 Å². The second-order valence-electron chi connectivity index (χ2n) is 3.96. The molecule has 0 radical (unpaired) electrons. The quantitative estimate of drug-likeness (QED) is 0.773. The third kappa shape index (κ3) is 2.94. The van der Waals surface area contributed by atoms with E-state index in [0.717, 1.165) is 11.1 Å². The Bertz CT molecular complexity index is 549. The smallest absolute Gasteiger partial charge is 0.306 e. The first-order valence-electron chi connectivity index (χ1n) is 5.65. The third-order valence-electron chi connectivity index (χ3n) is 2.52. The average Bonchev–Trinajstić information content (AvgIpc) is 2.84. The Morgan fingerprint density at radius 2 is 2.28 bits per heavy atom. The molecule has 2 rings (SSSR count). The van der Waals surface area contributed by atoms with Gasteiger partial charge >= 0.3 is 5.97 Å². The fourth-order valence-corrected chi connectivity index (χ4v) is 1.57. The fraction of sp³-hybridized carbons (Fsp3) is 0.308. The standard InChI is InChI=1S/C13H14N2O3/c1-9-4-3-5-10(8-9)13-14-11(18-15-13)6-7-12(16)17-2/h3-5,8H,6-7H2,1-2H3. The molecule has 0 fully saturated rings. The molecule has 0 aliphatic heterocycles. The van der Waals surface area contributed by atoms with E-state index in [1.165, 1.54) is 7.11 Å². The number of ether oxygens (including phenoxy) is 1. The number of rotatable bonds is 4. The zero-order valence-electron chi connectivity index (χ0n) is 10.3. The lowest BCUT2D eigenvalue weighted by molar-refractivity contribution is -0.140. The number of esters is 1. The van der Waals surface area contributed by atoms with Crippen molar-refractivity contribution >= 4 is 5.97 Å². The number of hydrogen-bond donors (Lipinski definition) is 0. The predicted octanol–water partition coefficient (Wildman–Crippen LogP) is 2.15. The van der Waals surface area contributed by atoms with Crippen LogP contribution in [0.2, 0.25) is 0 Å². The highest BCUT2D eigenvalue weighted by Crippen LogP contribution is 2.17. The monoisotopic (exact) mass is 246 g/mol. The molecule has 0 N–H and O–H groups in total. The lowest BCUT2D eigenvalue weighted by atomic mass is 10.1. The van der Waals surface area contributed by atoms with E-state index in [0.29, 0.717) is 18.1 Å². The summed E-state index contributed by atoms with van der Waals surface area (Å²) in [6.45, 7) is 2.00. The van der Waals surface area contributed by atoms with E-state index in [1.807, 2.05) is 31.2 Å². The zero-order valence-corrected chi connectivity index (χ0v) is 10.3. The van der Waals surface area contributed by atoms with Crippen LogP contribution in [0.3, 0.4) is 0 Å². The Hall–Kier alpha value is -2.17. The van der Waals surface area contributed by atoms with Gasteiger partial charge in [0.05, 0.1) is 13.5 Å². The van der Waals surface area contributed by atoms with Gasteiger partial charge in [-0.05, 0) is 13.0 Å². The van der Waals surface area contributed by atoms with E-state index in [9.17, 15) is 4.79 Å². The minimum absolute atomic E-state index is 0.242. The van der Waals surface area contributed by atoms with E-state index in [4.69, 9.17) is 4.52 Å². The normalized spacial score (nSPS) is 10.3. The first-order chi connectivity index (χ1) is 8.69. The average molecular weight is 246 g/mol. The molecule has 5 nitrogen and oxygen atoms in total. The Morgan fingerprint density at radius 3 is 3.00 bits per heavy atom. The number of aryl methyl sites for hydroxylation is 2. The summed E-state index contributed by atoms with van der Waals surface area (Å²) in [5.74, 6) is 0.695. The maximum atomic E-state index is 11.0. The number of aromatic nitrogens is 2. The molecule has 1 heterocycles. The number of hydrogen-bond acceptors (Lipinski definition) is 5. The highest BCUT2D eigenvalue weighted by molar-refractivity contribution is 5.69. The molecule has 0 saturated heterocycles. The van der Waals surface area contributed by atoms with Crippen molar-refractivity contribution in [1.82, 2.24) is 10.1 Å². The molecular formula is C13H14N2O3. The van der Waals surface area contributed by atoms with Crippen molar-refractivity contribution in [3.05, 3.63) is 35.7 Å². The van der Waals surface area contributed by atoms with Gasteiger partial charge in [0.15, 0.2) is 0 Å². The van der Waals surface area contributed by atoms with Crippen LogP contribution >= 0.6 is 0 Å². The van der Waals surface area contributed by atoms with Crippen LogP contribution in [0.1, 0.15) is 17.9 Å². The van der Waals surface area contributed by atoms with E-state index in [1.54, 1.807) is 0 Å². The molecule has 0 amide bonds. The fourth-order valence-electron chi connectivity index (χ4n) is 1.57. The van der Waals surface area contributed by atoms with Crippen molar-refractivity contribution in [2.45, 2.75) is 19.8 Å². The van der Waals surface area contributed by atoms with Crippen molar-refractivity contribution < 1.29 is 14.1 Å². The summed E-state index contributed by atoms with van der Waals surface area (Å²) in [7, 11) is 1.36. The van der Waals surface area contributed by atoms with Crippen molar-refractivity contribution in [1.29, 1.82) is 0 Å². The summed E-state index contributed by atoms with van der Waals surface area (Å²) in [4.78, 5) is 15.2. The summed E-state index contributed by atoms with van der Waals surface area (Å²) in [5, 5.41) is 3.89. The molecule has 0 aliphatic rings. The Labute approximate surface area is 105 Å². The molecule has 0 atom stereocenters. The van der Waals surface area contributed by atoms with E-state index in [2.05, 4.69) is 14.9 Å². The predicted molar refractivity (Wildman–Crippen MR) is 64.8 cm³/mol. The minimum atomic E-state index is -0.287. The molecule has 2 aromatic rings. The lowest BCUT2D eigenvalue weighted by Crippen LogP contribution is -2.01. The van der Waals surface area contributed by atoms with Crippen LogP contribution in [0, 0.1) is 6.92 Å². The Kier molecular flexibility index (Phi) is 3.72. The van der Waals surface area contributed by atoms with Crippen LogP contribution < -0.4 is 0 Å². The molecule has 18 heavy (non-hydrogen) atoms. The zero-order chi connectivity index (χ0) is 13.0. The van der Waals surface area contributed by atoms with Crippen LogP contribution in [0.15, 0.2) is 28.8 Å². The summed E-state index contributed by atoms with van der Waals surface area (Å²) < 4.78 is 9.64. The summed E-state index contributed by atoms with van der Waals surface area (Å²) >= 11 is 0. The Morgan fingerprint density at radius 1 is 1.44 bits per heavy atom. The second-order valence-corrected chi connectivity index (χ2v) is 3.96. The first-order valence-corrected chi connectivity index (χ1v) is 5.65. The molecule has 1 aromatic heterocycles. The number of carbonyl (C=O) groups is 1. The van der Waals surface area contributed by atoms with Crippen molar-refractivity contribution in [2.75, 3.05) is 7.11 Å². The highest BCUT2D eigenvalue weighted by atomic mass is 16.5. The van der Waals surface area contributed by atoms with Crippen molar-refractivity contribution in [3.8, 4) is 11.4 Å².